The maximum atomic E-state index is 13.0. The zero-order valence-electron chi connectivity index (χ0n) is 16.3. The number of anilines is 1. The van der Waals surface area contributed by atoms with Gasteiger partial charge in [0.25, 0.3) is 0 Å². The fraction of sp³-hybridized carbons (Fsp3) is 0.130. The summed E-state index contributed by atoms with van der Waals surface area (Å²) in [6.45, 7) is 0. The summed E-state index contributed by atoms with van der Waals surface area (Å²) in [7, 11) is -3.45. The summed E-state index contributed by atoms with van der Waals surface area (Å²) in [5, 5.41) is 3.03. The molecule has 0 unspecified atom stereocenters. The molecule has 0 atom stereocenters. The van der Waals surface area contributed by atoms with Crippen molar-refractivity contribution in [2.75, 3.05) is 11.1 Å². The van der Waals surface area contributed by atoms with Gasteiger partial charge in [-0.15, -0.1) is 0 Å². The zero-order chi connectivity index (χ0) is 22.4. The van der Waals surface area contributed by atoms with Gasteiger partial charge in [0.2, 0.25) is 5.91 Å². The molecular formula is C23H19BrClNO4S. The molecule has 1 amide bonds. The molecule has 3 aromatic carbocycles. The van der Waals surface area contributed by atoms with Crippen LogP contribution in [0.1, 0.15) is 28.8 Å². The van der Waals surface area contributed by atoms with Gasteiger partial charge >= 0.3 is 0 Å². The van der Waals surface area contributed by atoms with E-state index in [-0.39, 0.29) is 40.7 Å². The second-order valence-electron chi connectivity index (χ2n) is 6.78. The number of ketones is 1. The molecule has 1 N–H and O–H groups in total. The molecule has 0 fully saturated rings. The van der Waals surface area contributed by atoms with Gasteiger partial charge in [0, 0.05) is 22.0 Å². The van der Waals surface area contributed by atoms with Crippen LogP contribution in [0.2, 0.25) is 5.02 Å². The molecule has 31 heavy (non-hydrogen) atoms. The first-order valence-electron chi connectivity index (χ1n) is 9.44. The summed E-state index contributed by atoms with van der Waals surface area (Å²) < 4.78 is 25.4. The van der Waals surface area contributed by atoms with Crippen molar-refractivity contribution in [1.29, 1.82) is 0 Å². The van der Waals surface area contributed by atoms with E-state index in [1.807, 2.05) is 0 Å². The van der Waals surface area contributed by atoms with Crippen LogP contribution in [0.5, 0.6) is 0 Å². The summed E-state index contributed by atoms with van der Waals surface area (Å²) in [5.41, 5.74) is 0.948. The smallest absolute Gasteiger partial charge is 0.224 e. The van der Waals surface area contributed by atoms with E-state index in [2.05, 4.69) is 21.2 Å². The second-order valence-corrected chi connectivity index (χ2v) is 10.2. The fourth-order valence-corrected chi connectivity index (χ4v) is 4.90. The number of carbonyl (C=O) groups excluding carboxylic acids is 2. The van der Waals surface area contributed by atoms with Crippen molar-refractivity contribution in [3.05, 3.63) is 93.4 Å². The van der Waals surface area contributed by atoms with E-state index in [0.29, 0.717) is 20.7 Å². The van der Waals surface area contributed by atoms with Gasteiger partial charge in [0.1, 0.15) is 0 Å². The quantitative estimate of drug-likeness (QED) is 0.396. The average Bonchev–Trinajstić information content (AvgIpc) is 2.75. The van der Waals surface area contributed by atoms with E-state index >= 15 is 0 Å². The monoisotopic (exact) mass is 519 g/mol. The van der Waals surface area contributed by atoms with E-state index in [1.54, 1.807) is 60.7 Å². The minimum Gasteiger partial charge on any atom is -0.325 e. The number of amides is 1. The summed E-state index contributed by atoms with van der Waals surface area (Å²) in [6, 6.07) is 19.7. The predicted octanol–water partition coefficient (Wildman–Crippen LogP) is 5.53. The number of carbonyl (C=O) groups is 2. The van der Waals surface area contributed by atoms with Crippen molar-refractivity contribution in [3.63, 3.8) is 0 Å². The summed E-state index contributed by atoms with van der Waals surface area (Å²) in [6.07, 6.45) is 0.162. The number of halogens is 2. The van der Waals surface area contributed by atoms with E-state index in [4.69, 9.17) is 11.6 Å². The van der Waals surface area contributed by atoms with Crippen molar-refractivity contribution in [2.45, 2.75) is 17.7 Å². The molecular weight excluding hydrogens is 502 g/mol. The Morgan fingerprint density at radius 3 is 2.29 bits per heavy atom. The highest BCUT2D eigenvalue weighted by molar-refractivity contribution is 9.10. The Morgan fingerprint density at radius 2 is 1.58 bits per heavy atom. The zero-order valence-corrected chi connectivity index (χ0v) is 19.5. The topological polar surface area (TPSA) is 80.3 Å². The van der Waals surface area contributed by atoms with Gasteiger partial charge in [-0.25, -0.2) is 8.42 Å². The van der Waals surface area contributed by atoms with Gasteiger partial charge in [-0.1, -0.05) is 57.9 Å². The number of rotatable bonds is 8. The molecule has 0 heterocycles. The Hall–Kier alpha value is -2.48. The number of hydrogen-bond donors (Lipinski definition) is 1. The molecule has 0 aliphatic heterocycles. The normalized spacial score (nSPS) is 11.2. The van der Waals surface area contributed by atoms with Gasteiger partial charge in [-0.05, 0) is 48.9 Å². The molecule has 5 nitrogen and oxygen atoms in total. The van der Waals surface area contributed by atoms with Crippen LogP contribution in [0.4, 0.5) is 5.69 Å². The molecule has 0 radical (unpaired) electrons. The van der Waals surface area contributed by atoms with E-state index in [0.717, 1.165) is 0 Å². The predicted molar refractivity (Wildman–Crippen MR) is 125 cm³/mol. The van der Waals surface area contributed by atoms with E-state index < -0.39 is 9.84 Å². The van der Waals surface area contributed by atoms with Gasteiger partial charge in [0.05, 0.1) is 21.4 Å². The first-order valence-corrected chi connectivity index (χ1v) is 12.3. The van der Waals surface area contributed by atoms with Crippen LogP contribution in [0, 0.1) is 0 Å². The molecule has 0 spiro atoms. The lowest BCUT2D eigenvalue weighted by Crippen LogP contribution is -2.16. The minimum absolute atomic E-state index is 0.00184. The summed E-state index contributed by atoms with van der Waals surface area (Å²) >= 11 is 9.50. The van der Waals surface area contributed by atoms with Gasteiger partial charge in [-0.2, -0.15) is 0 Å². The Labute approximate surface area is 194 Å². The standard InChI is InChI=1S/C23H19BrClNO4S/c24-16-12-13-21(19(15-16)23(28)18-9-4-5-10-20(18)25)26-22(27)11-6-14-31(29,30)17-7-2-1-3-8-17/h1-5,7-10,12-13,15H,6,11,14H2,(H,26,27). The largest absolute Gasteiger partial charge is 0.325 e. The third-order valence-electron chi connectivity index (χ3n) is 4.54. The Balaban J connectivity index is 1.69. The third-order valence-corrected chi connectivity index (χ3v) is 7.18. The number of hydrogen-bond acceptors (Lipinski definition) is 4. The number of nitrogens with one attached hydrogen (secondary N) is 1. The lowest BCUT2D eigenvalue weighted by Gasteiger charge is -2.12. The van der Waals surface area contributed by atoms with Crippen LogP contribution in [0.3, 0.4) is 0 Å². The van der Waals surface area contributed by atoms with Crippen molar-refractivity contribution in [1.82, 2.24) is 0 Å². The van der Waals surface area contributed by atoms with Crippen LogP contribution < -0.4 is 5.32 Å². The van der Waals surface area contributed by atoms with E-state index in [9.17, 15) is 18.0 Å². The maximum Gasteiger partial charge on any atom is 0.224 e. The van der Waals surface area contributed by atoms with Crippen LogP contribution in [-0.4, -0.2) is 25.9 Å². The lowest BCUT2D eigenvalue weighted by molar-refractivity contribution is -0.116. The molecule has 0 saturated heterocycles. The first-order chi connectivity index (χ1) is 14.8. The van der Waals surface area contributed by atoms with Gasteiger partial charge < -0.3 is 5.32 Å². The Morgan fingerprint density at radius 1 is 0.903 bits per heavy atom. The Bertz CT molecular complexity index is 1210. The SMILES string of the molecule is O=C(CCCS(=O)(=O)c1ccccc1)Nc1ccc(Br)cc1C(=O)c1ccccc1Cl. The summed E-state index contributed by atoms with van der Waals surface area (Å²) in [4.78, 5) is 25.7. The molecule has 3 aromatic rings. The van der Waals surface area contributed by atoms with Crippen molar-refractivity contribution in [3.8, 4) is 0 Å². The lowest BCUT2D eigenvalue weighted by atomic mass is 10.0. The molecule has 0 saturated carbocycles. The molecule has 3 rings (SSSR count). The van der Waals surface area contributed by atoms with Crippen LogP contribution in [0.15, 0.2) is 82.2 Å². The molecule has 0 aliphatic carbocycles. The second kappa shape index (κ2) is 10.2. The maximum absolute atomic E-state index is 13.0. The highest BCUT2D eigenvalue weighted by Crippen LogP contribution is 2.27. The van der Waals surface area contributed by atoms with E-state index in [1.165, 1.54) is 12.1 Å². The molecule has 8 heteroatoms. The highest BCUT2D eigenvalue weighted by atomic mass is 79.9. The molecule has 0 aliphatic rings. The van der Waals surface area contributed by atoms with Crippen molar-refractivity contribution in [2.24, 2.45) is 0 Å². The fourth-order valence-electron chi connectivity index (χ4n) is 2.98. The van der Waals surface area contributed by atoms with Crippen LogP contribution >= 0.6 is 27.5 Å². The van der Waals surface area contributed by atoms with Crippen LogP contribution in [0.25, 0.3) is 0 Å². The Kier molecular flexibility index (Phi) is 7.64. The van der Waals surface area contributed by atoms with Crippen molar-refractivity contribution < 1.29 is 18.0 Å². The third kappa shape index (κ3) is 6.03. The van der Waals surface area contributed by atoms with Gasteiger partial charge in [0.15, 0.2) is 15.6 Å². The molecule has 0 bridgehead atoms. The number of benzene rings is 3. The average molecular weight is 521 g/mol. The number of sulfone groups is 1. The highest BCUT2D eigenvalue weighted by Gasteiger charge is 2.19. The minimum atomic E-state index is -3.45. The van der Waals surface area contributed by atoms with Crippen molar-refractivity contribution >= 4 is 54.7 Å². The summed E-state index contributed by atoms with van der Waals surface area (Å²) in [5.74, 6) is -0.844. The first kappa shape index (κ1) is 23.2. The molecule has 0 aromatic heterocycles. The molecule has 160 valence electrons. The van der Waals surface area contributed by atoms with Crippen LogP contribution in [-0.2, 0) is 14.6 Å². The van der Waals surface area contributed by atoms with Gasteiger partial charge in [-0.3, -0.25) is 9.59 Å².